The van der Waals surface area contributed by atoms with Crippen LogP contribution in [0.3, 0.4) is 0 Å². The van der Waals surface area contributed by atoms with Crippen LogP contribution in [0.5, 0.6) is 0 Å². The largest absolute Gasteiger partial charge is 0.0885 e. The molecule has 0 aliphatic heterocycles. The summed E-state index contributed by atoms with van der Waals surface area (Å²) in [7, 11) is 0. The van der Waals surface area contributed by atoms with Crippen molar-refractivity contribution in [2.75, 3.05) is 0 Å². The van der Waals surface area contributed by atoms with Gasteiger partial charge in [-0.15, -0.1) is 0 Å². The van der Waals surface area contributed by atoms with E-state index in [4.69, 9.17) is 0 Å². The molecular formula is C14H22. The van der Waals surface area contributed by atoms with Crippen LogP contribution in [0.25, 0.3) is 0 Å². The van der Waals surface area contributed by atoms with Gasteiger partial charge in [0, 0.05) is 0 Å². The second-order valence-corrected chi connectivity index (χ2v) is 4.19. The normalized spacial score (nSPS) is 23.1. The van der Waals surface area contributed by atoms with Crippen molar-refractivity contribution in [2.45, 2.75) is 39.5 Å². The van der Waals surface area contributed by atoms with Gasteiger partial charge in [-0.3, -0.25) is 0 Å². The maximum Gasteiger partial charge on any atom is -0.0167 e. The zero-order valence-corrected chi connectivity index (χ0v) is 9.45. The standard InChI is InChI=1S/C14H22/c1-3-4-5-7-10-13(2)14-11-8-6-9-12-14/h5-9,11,13-14H,3-4,10,12H2,1-2H3/b7-5-. The highest BCUT2D eigenvalue weighted by atomic mass is 14.2. The van der Waals surface area contributed by atoms with Crippen LogP contribution < -0.4 is 0 Å². The van der Waals surface area contributed by atoms with Crippen molar-refractivity contribution in [1.29, 1.82) is 0 Å². The van der Waals surface area contributed by atoms with Crippen LogP contribution in [-0.2, 0) is 0 Å². The molecule has 0 amide bonds. The molecule has 0 spiro atoms. The summed E-state index contributed by atoms with van der Waals surface area (Å²) in [5, 5.41) is 0. The summed E-state index contributed by atoms with van der Waals surface area (Å²) in [5.74, 6) is 1.54. The molecule has 2 atom stereocenters. The molecule has 78 valence electrons. The first kappa shape index (κ1) is 11.3. The molecule has 0 fully saturated rings. The minimum absolute atomic E-state index is 0.756. The van der Waals surface area contributed by atoms with Gasteiger partial charge in [0.1, 0.15) is 0 Å². The molecule has 0 heteroatoms. The summed E-state index contributed by atoms with van der Waals surface area (Å²) in [6.07, 6.45) is 18.6. The van der Waals surface area contributed by atoms with Crippen LogP contribution in [0.4, 0.5) is 0 Å². The smallest absolute Gasteiger partial charge is 0.0167 e. The number of unbranched alkanes of at least 4 members (excludes halogenated alkanes) is 1. The van der Waals surface area contributed by atoms with Gasteiger partial charge in [-0.1, -0.05) is 56.7 Å². The number of rotatable bonds is 5. The maximum absolute atomic E-state index is 2.35. The Morgan fingerprint density at radius 2 is 2.21 bits per heavy atom. The lowest BCUT2D eigenvalue weighted by molar-refractivity contribution is 0.434. The van der Waals surface area contributed by atoms with E-state index >= 15 is 0 Å². The molecule has 0 nitrogen and oxygen atoms in total. The number of allylic oxidation sites excluding steroid dienone is 6. The van der Waals surface area contributed by atoms with Gasteiger partial charge in [-0.05, 0) is 31.1 Å². The third-order valence-corrected chi connectivity index (χ3v) is 2.87. The van der Waals surface area contributed by atoms with Crippen molar-refractivity contribution in [3.63, 3.8) is 0 Å². The fraction of sp³-hybridized carbons (Fsp3) is 0.571. The summed E-state index contributed by atoms with van der Waals surface area (Å²) < 4.78 is 0. The first-order chi connectivity index (χ1) is 6.84. The zero-order chi connectivity index (χ0) is 10.2. The van der Waals surface area contributed by atoms with Crippen molar-refractivity contribution in [3.05, 3.63) is 36.5 Å². The van der Waals surface area contributed by atoms with Gasteiger partial charge in [-0.2, -0.15) is 0 Å². The summed E-state index contributed by atoms with van der Waals surface area (Å²) in [4.78, 5) is 0. The van der Waals surface area contributed by atoms with Crippen molar-refractivity contribution in [3.8, 4) is 0 Å². The van der Waals surface area contributed by atoms with Crippen LogP contribution >= 0.6 is 0 Å². The predicted octanol–water partition coefficient (Wildman–Crippen LogP) is 4.50. The molecule has 14 heavy (non-hydrogen) atoms. The minimum Gasteiger partial charge on any atom is -0.0885 e. The molecule has 0 aromatic heterocycles. The number of hydrogen-bond donors (Lipinski definition) is 0. The maximum atomic E-state index is 2.35. The topological polar surface area (TPSA) is 0 Å². The highest BCUT2D eigenvalue weighted by Crippen LogP contribution is 2.23. The van der Waals surface area contributed by atoms with E-state index in [0.29, 0.717) is 0 Å². The van der Waals surface area contributed by atoms with Gasteiger partial charge in [0.2, 0.25) is 0 Å². The highest BCUT2D eigenvalue weighted by Gasteiger charge is 2.12. The van der Waals surface area contributed by atoms with E-state index in [2.05, 4.69) is 50.3 Å². The van der Waals surface area contributed by atoms with Gasteiger partial charge in [0.25, 0.3) is 0 Å². The van der Waals surface area contributed by atoms with Crippen molar-refractivity contribution >= 4 is 0 Å². The molecule has 0 aromatic rings. The SMILES string of the molecule is CCC/C=C\CC(C)C1C=CC=CC1. The number of hydrogen-bond acceptors (Lipinski definition) is 0. The van der Waals surface area contributed by atoms with Crippen molar-refractivity contribution in [2.24, 2.45) is 11.8 Å². The molecular weight excluding hydrogens is 168 g/mol. The Bertz CT molecular complexity index is 220. The Morgan fingerprint density at radius 1 is 1.36 bits per heavy atom. The van der Waals surface area contributed by atoms with E-state index in [1.165, 1.54) is 25.7 Å². The zero-order valence-electron chi connectivity index (χ0n) is 9.45. The van der Waals surface area contributed by atoms with Crippen LogP contribution in [0.15, 0.2) is 36.5 Å². The Labute approximate surface area is 88.4 Å². The Morgan fingerprint density at radius 3 is 2.86 bits per heavy atom. The van der Waals surface area contributed by atoms with Crippen LogP contribution in [0, 0.1) is 11.8 Å². The Hall–Kier alpha value is -0.780. The summed E-state index contributed by atoms with van der Waals surface area (Å²) in [5.41, 5.74) is 0. The molecule has 0 saturated heterocycles. The lowest BCUT2D eigenvalue weighted by atomic mass is 9.86. The molecule has 2 unspecified atom stereocenters. The fourth-order valence-corrected chi connectivity index (χ4v) is 1.79. The third kappa shape index (κ3) is 3.95. The second-order valence-electron chi connectivity index (χ2n) is 4.19. The van der Waals surface area contributed by atoms with E-state index in [1.807, 2.05) is 0 Å². The Balaban J connectivity index is 2.24. The molecule has 0 radical (unpaired) electrons. The summed E-state index contributed by atoms with van der Waals surface area (Å²) in [6.45, 7) is 4.58. The van der Waals surface area contributed by atoms with E-state index in [0.717, 1.165) is 11.8 Å². The molecule has 0 aromatic carbocycles. The third-order valence-electron chi connectivity index (χ3n) is 2.87. The molecule has 0 heterocycles. The van der Waals surface area contributed by atoms with Crippen molar-refractivity contribution in [1.82, 2.24) is 0 Å². The van der Waals surface area contributed by atoms with Gasteiger partial charge >= 0.3 is 0 Å². The van der Waals surface area contributed by atoms with Gasteiger partial charge < -0.3 is 0 Å². The summed E-state index contributed by atoms with van der Waals surface area (Å²) in [6, 6.07) is 0. The molecule has 0 N–H and O–H groups in total. The lowest BCUT2D eigenvalue weighted by Crippen LogP contribution is -2.08. The fourth-order valence-electron chi connectivity index (χ4n) is 1.79. The summed E-state index contributed by atoms with van der Waals surface area (Å²) >= 11 is 0. The second kappa shape index (κ2) is 6.64. The molecule has 0 saturated carbocycles. The quantitative estimate of drug-likeness (QED) is 0.560. The highest BCUT2D eigenvalue weighted by molar-refractivity contribution is 5.11. The average Bonchev–Trinajstić information content (AvgIpc) is 2.25. The van der Waals surface area contributed by atoms with E-state index < -0.39 is 0 Å². The first-order valence-electron chi connectivity index (χ1n) is 5.83. The van der Waals surface area contributed by atoms with Gasteiger partial charge in [-0.25, -0.2) is 0 Å². The van der Waals surface area contributed by atoms with Crippen molar-refractivity contribution < 1.29 is 0 Å². The van der Waals surface area contributed by atoms with Crippen LogP contribution in [-0.4, -0.2) is 0 Å². The molecule has 1 aliphatic rings. The molecule has 1 aliphatic carbocycles. The van der Waals surface area contributed by atoms with Gasteiger partial charge in [0.05, 0.1) is 0 Å². The molecule has 0 bridgehead atoms. The average molecular weight is 190 g/mol. The first-order valence-corrected chi connectivity index (χ1v) is 5.83. The van der Waals surface area contributed by atoms with E-state index in [1.54, 1.807) is 0 Å². The Kier molecular flexibility index (Phi) is 5.36. The van der Waals surface area contributed by atoms with Gasteiger partial charge in [0.15, 0.2) is 0 Å². The predicted molar refractivity (Wildman–Crippen MR) is 64.2 cm³/mol. The van der Waals surface area contributed by atoms with Crippen LogP contribution in [0.1, 0.15) is 39.5 Å². The van der Waals surface area contributed by atoms with E-state index in [-0.39, 0.29) is 0 Å². The molecule has 1 rings (SSSR count). The van der Waals surface area contributed by atoms with E-state index in [9.17, 15) is 0 Å². The lowest BCUT2D eigenvalue weighted by Gasteiger charge is -2.19. The monoisotopic (exact) mass is 190 g/mol. The minimum atomic E-state index is 0.756. The van der Waals surface area contributed by atoms with Crippen LogP contribution in [0.2, 0.25) is 0 Å².